The molecule has 2 rings (SSSR count). The number of amides is 1. The monoisotopic (exact) mass is 236 g/mol. The van der Waals surface area contributed by atoms with E-state index in [1.165, 1.54) is 6.07 Å². The number of piperazine rings is 1. The van der Waals surface area contributed by atoms with Gasteiger partial charge in [0.05, 0.1) is 6.42 Å². The van der Waals surface area contributed by atoms with Crippen LogP contribution in [0.2, 0.25) is 0 Å². The molecule has 1 fully saturated rings. The Morgan fingerprint density at radius 1 is 1.53 bits per heavy atom. The first-order valence-electron chi connectivity index (χ1n) is 5.91. The smallest absolute Gasteiger partial charge is 0.227 e. The molecule has 1 N–H and O–H groups in total. The van der Waals surface area contributed by atoms with Crippen molar-refractivity contribution < 1.29 is 9.18 Å². The maximum atomic E-state index is 13.4. The highest BCUT2D eigenvalue weighted by atomic mass is 19.1. The summed E-state index contributed by atoms with van der Waals surface area (Å²) in [4.78, 5) is 13.8. The zero-order chi connectivity index (χ0) is 12.3. The van der Waals surface area contributed by atoms with Gasteiger partial charge in [0.1, 0.15) is 5.82 Å². The van der Waals surface area contributed by atoms with Gasteiger partial charge in [-0.25, -0.2) is 4.39 Å². The molecule has 0 bridgehead atoms. The number of benzene rings is 1. The highest BCUT2D eigenvalue weighted by molar-refractivity contribution is 5.79. The Labute approximate surface area is 101 Å². The molecule has 0 unspecified atom stereocenters. The van der Waals surface area contributed by atoms with E-state index in [1.54, 1.807) is 23.1 Å². The molecule has 1 heterocycles. The van der Waals surface area contributed by atoms with Crippen molar-refractivity contribution in [1.82, 2.24) is 10.2 Å². The van der Waals surface area contributed by atoms with E-state index < -0.39 is 0 Å². The minimum absolute atomic E-state index is 0.00319. The molecule has 1 aliphatic rings. The number of carbonyl (C=O) groups is 1. The zero-order valence-electron chi connectivity index (χ0n) is 9.95. The maximum Gasteiger partial charge on any atom is 0.227 e. The van der Waals surface area contributed by atoms with Crippen LogP contribution < -0.4 is 5.32 Å². The fourth-order valence-corrected chi connectivity index (χ4v) is 2.08. The molecule has 0 spiro atoms. The van der Waals surface area contributed by atoms with Gasteiger partial charge in [-0.05, 0) is 18.6 Å². The molecule has 4 heteroatoms. The summed E-state index contributed by atoms with van der Waals surface area (Å²) in [5, 5.41) is 3.27. The lowest BCUT2D eigenvalue weighted by molar-refractivity contribution is -0.131. The predicted molar refractivity (Wildman–Crippen MR) is 64.1 cm³/mol. The third kappa shape index (κ3) is 3.03. The molecule has 17 heavy (non-hydrogen) atoms. The van der Waals surface area contributed by atoms with Crippen molar-refractivity contribution in [2.24, 2.45) is 0 Å². The number of rotatable bonds is 2. The number of halogens is 1. The van der Waals surface area contributed by atoms with Gasteiger partial charge in [-0.1, -0.05) is 18.2 Å². The Kier molecular flexibility index (Phi) is 3.74. The van der Waals surface area contributed by atoms with E-state index in [-0.39, 0.29) is 18.1 Å². The molecular weight excluding hydrogens is 219 g/mol. The summed E-state index contributed by atoms with van der Waals surface area (Å²) in [5.74, 6) is -0.299. The van der Waals surface area contributed by atoms with Crippen LogP contribution in [0.1, 0.15) is 12.5 Å². The summed E-state index contributed by atoms with van der Waals surface area (Å²) in [6.07, 6.45) is 0.152. The molecule has 0 radical (unpaired) electrons. The van der Waals surface area contributed by atoms with Crippen LogP contribution in [0.25, 0.3) is 0 Å². The Bertz CT molecular complexity index is 408. The summed E-state index contributed by atoms with van der Waals surface area (Å²) in [7, 11) is 0. The molecule has 1 atom stereocenters. The highest BCUT2D eigenvalue weighted by Crippen LogP contribution is 2.09. The fourth-order valence-electron chi connectivity index (χ4n) is 2.08. The van der Waals surface area contributed by atoms with Gasteiger partial charge in [0.25, 0.3) is 0 Å². The van der Waals surface area contributed by atoms with Crippen LogP contribution in [-0.4, -0.2) is 36.5 Å². The van der Waals surface area contributed by atoms with Crippen LogP contribution in [0.3, 0.4) is 0 Å². The van der Waals surface area contributed by atoms with Crippen molar-refractivity contribution in [2.45, 2.75) is 19.4 Å². The van der Waals surface area contributed by atoms with Gasteiger partial charge in [-0.15, -0.1) is 0 Å². The van der Waals surface area contributed by atoms with Gasteiger partial charge in [-0.3, -0.25) is 4.79 Å². The Balaban J connectivity index is 1.99. The third-order valence-corrected chi connectivity index (χ3v) is 3.02. The van der Waals surface area contributed by atoms with E-state index >= 15 is 0 Å². The van der Waals surface area contributed by atoms with E-state index in [4.69, 9.17) is 0 Å². The Morgan fingerprint density at radius 3 is 3.00 bits per heavy atom. The second-order valence-electron chi connectivity index (χ2n) is 4.46. The molecular formula is C13H17FN2O. The molecule has 1 aliphatic heterocycles. The highest BCUT2D eigenvalue weighted by Gasteiger charge is 2.21. The lowest BCUT2D eigenvalue weighted by Gasteiger charge is -2.32. The minimum Gasteiger partial charge on any atom is -0.340 e. The summed E-state index contributed by atoms with van der Waals surface area (Å²) >= 11 is 0. The van der Waals surface area contributed by atoms with Crippen LogP contribution in [0, 0.1) is 5.82 Å². The van der Waals surface area contributed by atoms with Crippen molar-refractivity contribution in [3.05, 3.63) is 35.6 Å². The van der Waals surface area contributed by atoms with Crippen LogP contribution in [-0.2, 0) is 11.2 Å². The Morgan fingerprint density at radius 2 is 2.29 bits per heavy atom. The van der Waals surface area contributed by atoms with Gasteiger partial charge < -0.3 is 10.2 Å². The first kappa shape index (κ1) is 12.0. The number of carbonyl (C=O) groups excluding carboxylic acids is 1. The van der Waals surface area contributed by atoms with E-state index in [0.29, 0.717) is 24.7 Å². The maximum absolute atomic E-state index is 13.4. The van der Waals surface area contributed by atoms with Gasteiger partial charge in [0, 0.05) is 25.7 Å². The average Bonchev–Trinajstić information content (AvgIpc) is 2.32. The second kappa shape index (κ2) is 5.27. The number of nitrogens with one attached hydrogen (secondary N) is 1. The molecule has 92 valence electrons. The molecule has 1 aromatic rings. The quantitative estimate of drug-likeness (QED) is 0.836. The number of nitrogens with zero attached hydrogens (tertiary/aromatic N) is 1. The largest absolute Gasteiger partial charge is 0.340 e. The van der Waals surface area contributed by atoms with Crippen LogP contribution in [0.15, 0.2) is 24.3 Å². The van der Waals surface area contributed by atoms with E-state index in [2.05, 4.69) is 5.32 Å². The van der Waals surface area contributed by atoms with Crippen molar-refractivity contribution in [3.8, 4) is 0 Å². The van der Waals surface area contributed by atoms with Crippen LogP contribution in [0.4, 0.5) is 4.39 Å². The summed E-state index contributed by atoms with van der Waals surface area (Å²) < 4.78 is 13.4. The molecule has 1 amide bonds. The van der Waals surface area contributed by atoms with Crippen molar-refractivity contribution in [1.29, 1.82) is 0 Å². The van der Waals surface area contributed by atoms with Crippen LogP contribution >= 0.6 is 0 Å². The second-order valence-corrected chi connectivity index (χ2v) is 4.46. The molecule has 1 saturated heterocycles. The predicted octanol–water partition coefficient (Wildman–Crippen LogP) is 1.19. The van der Waals surface area contributed by atoms with E-state index in [0.717, 1.165) is 6.54 Å². The van der Waals surface area contributed by atoms with Crippen molar-refractivity contribution in [2.75, 3.05) is 19.6 Å². The number of hydrogen-bond donors (Lipinski definition) is 1. The zero-order valence-corrected chi connectivity index (χ0v) is 9.95. The lowest BCUT2D eigenvalue weighted by Crippen LogP contribution is -2.51. The first-order valence-corrected chi connectivity index (χ1v) is 5.91. The Hall–Kier alpha value is -1.42. The number of hydrogen-bond acceptors (Lipinski definition) is 2. The SMILES string of the molecule is C[C@H]1CN(C(=O)Cc2ccccc2F)CCN1. The molecule has 0 saturated carbocycles. The molecule has 3 nitrogen and oxygen atoms in total. The van der Waals surface area contributed by atoms with Gasteiger partial charge in [-0.2, -0.15) is 0 Å². The van der Waals surface area contributed by atoms with Gasteiger partial charge in [0.15, 0.2) is 0 Å². The standard InChI is InChI=1S/C13H17FN2O/c1-10-9-16(7-6-15-10)13(17)8-11-4-2-3-5-12(11)14/h2-5,10,15H,6-9H2,1H3/t10-/m0/s1. The summed E-state index contributed by atoms with van der Waals surface area (Å²) in [5.41, 5.74) is 0.476. The van der Waals surface area contributed by atoms with Crippen molar-refractivity contribution >= 4 is 5.91 Å². The topological polar surface area (TPSA) is 32.3 Å². The lowest BCUT2D eigenvalue weighted by atomic mass is 10.1. The third-order valence-electron chi connectivity index (χ3n) is 3.02. The molecule has 0 aliphatic carbocycles. The first-order chi connectivity index (χ1) is 8.16. The van der Waals surface area contributed by atoms with E-state index in [9.17, 15) is 9.18 Å². The molecule has 1 aromatic carbocycles. The average molecular weight is 236 g/mol. The van der Waals surface area contributed by atoms with E-state index in [1.807, 2.05) is 6.92 Å². The molecule has 0 aromatic heterocycles. The fraction of sp³-hybridized carbons (Fsp3) is 0.462. The van der Waals surface area contributed by atoms with Gasteiger partial charge >= 0.3 is 0 Å². The minimum atomic E-state index is -0.302. The normalized spacial score (nSPS) is 20.4. The summed E-state index contributed by atoms with van der Waals surface area (Å²) in [6.45, 7) is 4.26. The van der Waals surface area contributed by atoms with Gasteiger partial charge in [0.2, 0.25) is 5.91 Å². The van der Waals surface area contributed by atoms with Crippen molar-refractivity contribution in [3.63, 3.8) is 0 Å². The van der Waals surface area contributed by atoms with Crippen LogP contribution in [0.5, 0.6) is 0 Å². The summed E-state index contributed by atoms with van der Waals surface area (Å²) in [6, 6.07) is 6.76.